The van der Waals surface area contributed by atoms with Crippen molar-refractivity contribution in [1.29, 1.82) is 0 Å². The zero-order valence-electron chi connectivity index (χ0n) is 18.6. The second kappa shape index (κ2) is 8.84. The highest BCUT2D eigenvalue weighted by molar-refractivity contribution is 6.17. The molecule has 1 heterocycles. The maximum atomic E-state index is 13.3. The highest BCUT2D eigenvalue weighted by Gasteiger charge is 2.46. The fourth-order valence-electron chi connectivity index (χ4n) is 3.65. The van der Waals surface area contributed by atoms with E-state index in [4.69, 9.17) is 9.47 Å². The molecule has 0 aromatic heterocycles. The number of hydrogen-bond acceptors (Lipinski definition) is 5. The summed E-state index contributed by atoms with van der Waals surface area (Å²) in [4.78, 5) is 27.9. The van der Waals surface area contributed by atoms with Crippen LogP contribution in [0.4, 0.5) is 5.69 Å². The van der Waals surface area contributed by atoms with E-state index in [1.54, 1.807) is 39.0 Å². The largest absolute Gasteiger partial charge is 0.503 e. The summed E-state index contributed by atoms with van der Waals surface area (Å²) in [6, 6.07) is 13.7. The Kier molecular flexibility index (Phi) is 6.39. The molecule has 0 fully saturated rings. The molecule has 0 saturated carbocycles. The minimum Gasteiger partial charge on any atom is -0.503 e. The number of amides is 1. The third-order valence-corrected chi connectivity index (χ3v) is 5.05. The van der Waals surface area contributed by atoms with Crippen molar-refractivity contribution in [2.75, 3.05) is 18.1 Å². The van der Waals surface area contributed by atoms with Crippen LogP contribution in [-0.2, 0) is 9.59 Å². The standard InChI is InChI=1S/C25H29NO5/c1-6-30-18-14-13-17(15-19(18)31-7-2)26-21(16-11-9-8-10-12-16)20(22(27)24(26)29)23(28)25(3,4)5/h8-15,21,27H,6-7H2,1-5H3. The number of ether oxygens (including phenoxy) is 2. The van der Waals surface area contributed by atoms with Crippen molar-refractivity contribution in [3.05, 3.63) is 65.4 Å². The smallest absolute Gasteiger partial charge is 0.294 e. The monoisotopic (exact) mass is 423 g/mol. The van der Waals surface area contributed by atoms with Gasteiger partial charge in [-0.1, -0.05) is 51.1 Å². The molecule has 0 aliphatic carbocycles. The third kappa shape index (κ3) is 4.29. The molecule has 31 heavy (non-hydrogen) atoms. The zero-order valence-corrected chi connectivity index (χ0v) is 18.6. The zero-order chi connectivity index (χ0) is 22.8. The predicted octanol–water partition coefficient (Wildman–Crippen LogP) is 5.00. The first-order valence-corrected chi connectivity index (χ1v) is 10.5. The summed E-state index contributed by atoms with van der Waals surface area (Å²) in [5.74, 6) is -0.338. The Morgan fingerprint density at radius 1 is 1.00 bits per heavy atom. The summed E-state index contributed by atoms with van der Waals surface area (Å²) in [5, 5.41) is 10.8. The fourth-order valence-corrected chi connectivity index (χ4v) is 3.65. The van der Waals surface area contributed by atoms with Gasteiger partial charge >= 0.3 is 0 Å². The first-order chi connectivity index (χ1) is 14.7. The van der Waals surface area contributed by atoms with E-state index in [0.29, 0.717) is 30.4 Å². The molecule has 1 unspecified atom stereocenters. The Morgan fingerprint density at radius 2 is 1.61 bits per heavy atom. The van der Waals surface area contributed by atoms with E-state index < -0.39 is 23.1 Å². The van der Waals surface area contributed by atoms with Crippen LogP contribution in [-0.4, -0.2) is 30.0 Å². The highest BCUT2D eigenvalue weighted by atomic mass is 16.5. The van der Waals surface area contributed by atoms with Gasteiger partial charge in [0.25, 0.3) is 5.91 Å². The van der Waals surface area contributed by atoms with Crippen molar-refractivity contribution in [3.8, 4) is 11.5 Å². The van der Waals surface area contributed by atoms with Gasteiger partial charge in [0.05, 0.1) is 24.8 Å². The number of anilines is 1. The number of carbonyl (C=O) groups excluding carboxylic acids is 2. The number of Topliss-reactive ketones (excluding diaryl/α,β-unsaturated/α-hetero) is 1. The molecular weight excluding hydrogens is 394 g/mol. The van der Waals surface area contributed by atoms with Gasteiger partial charge in [0.1, 0.15) is 0 Å². The minimum atomic E-state index is -0.762. The van der Waals surface area contributed by atoms with E-state index >= 15 is 0 Å². The van der Waals surface area contributed by atoms with Gasteiger partial charge in [0, 0.05) is 17.2 Å². The third-order valence-electron chi connectivity index (χ3n) is 5.05. The van der Waals surface area contributed by atoms with Gasteiger partial charge < -0.3 is 14.6 Å². The number of nitrogens with zero attached hydrogens (tertiary/aromatic N) is 1. The summed E-state index contributed by atoms with van der Waals surface area (Å²) in [7, 11) is 0. The van der Waals surface area contributed by atoms with Crippen LogP contribution in [0.1, 0.15) is 46.2 Å². The van der Waals surface area contributed by atoms with Crippen LogP contribution < -0.4 is 14.4 Å². The molecule has 1 amide bonds. The number of rotatable bonds is 7. The summed E-state index contributed by atoms with van der Waals surface area (Å²) in [6.45, 7) is 9.96. The normalized spacial score (nSPS) is 16.6. The molecule has 1 aliphatic rings. The van der Waals surface area contributed by atoms with Crippen molar-refractivity contribution in [2.24, 2.45) is 5.41 Å². The predicted molar refractivity (Wildman–Crippen MR) is 120 cm³/mol. The lowest BCUT2D eigenvalue weighted by molar-refractivity contribution is -0.123. The Hall–Kier alpha value is -3.28. The minimum absolute atomic E-state index is 0.107. The van der Waals surface area contributed by atoms with Crippen LogP contribution >= 0.6 is 0 Å². The summed E-state index contributed by atoms with van der Waals surface area (Å²) < 4.78 is 11.3. The van der Waals surface area contributed by atoms with E-state index in [-0.39, 0.29) is 11.4 Å². The highest BCUT2D eigenvalue weighted by Crippen LogP contribution is 2.45. The topological polar surface area (TPSA) is 76.1 Å². The van der Waals surface area contributed by atoms with E-state index in [9.17, 15) is 14.7 Å². The average Bonchev–Trinajstić information content (AvgIpc) is 3.00. The number of carbonyl (C=O) groups is 2. The van der Waals surface area contributed by atoms with Gasteiger partial charge in [0.2, 0.25) is 0 Å². The number of benzene rings is 2. The SMILES string of the molecule is CCOc1ccc(N2C(=O)C(O)=C(C(=O)C(C)(C)C)C2c2ccccc2)cc1OCC. The molecule has 1 aliphatic heterocycles. The Balaban J connectivity index is 2.17. The molecule has 3 rings (SSSR count). The van der Waals surface area contributed by atoms with E-state index in [1.165, 1.54) is 4.90 Å². The molecular formula is C25H29NO5. The van der Waals surface area contributed by atoms with Crippen LogP contribution in [0.3, 0.4) is 0 Å². The second-order valence-corrected chi connectivity index (χ2v) is 8.33. The van der Waals surface area contributed by atoms with E-state index in [1.807, 2.05) is 44.2 Å². The van der Waals surface area contributed by atoms with Crippen LogP contribution in [0, 0.1) is 5.41 Å². The van der Waals surface area contributed by atoms with Gasteiger partial charge in [-0.3, -0.25) is 14.5 Å². The van der Waals surface area contributed by atoms with Crippen molar-refractivity contribution < 1.29 is 24.2 Å². The van der Waals surface area contributed by atoms with Crippen molar-refractivity contribution >= 4 is 17.4 Å². The van der Waals surface area contributed by atoms with Crippen molar-refractivity contribution in [3.63, 3.8) is 0 Å². The average molecular weight is 424 g/mol. The molecule has 2 aromatic rings. The molecule has 0 saturated heterocycles. The van der Waals surface area contributed by atoms with Gasteiger partial charge in [-0.15, -0.1) is 0 Å². The first-order valence-electron chi connectivity index (χ1n) is 10.5. The van der Waals surface area contributed by atoms with Crippen LogP contribution in [0.5, 0.6) is 11.5 Å². The summed E-state index contributed by atoms with van der Waals surface area (Å²) in [5.41, 5.74) is 0.589. The van der Waals surface area contributed by atoms with Crippen molar-refractivity contribution in [2.45, 2.75) is 40.7 Å². The summed E-state index contributed by atoms with van der Waals surface area (Å²) >= 11 is 0. The lowest BCUT2D eigenvalue weighted by atomic mass is 9.82. The number of aliphatic hydroxyl groups is 1. The fraction of sp³-hybridized carbons (Fsp3) is 0.360. The number of ketones is 1. The quantitative estimate of drug-likeness (QED) is 0.678. The lowest BCUT2D eigenvalue weighted by Crippen LogP contribution is -2.32. The van der Waals surface area contributed by atoms with Crippen molar-refractivity contribution in [1.82, 2.24) is 0 Å². The molecule has 2 aromatic carbocycles. The first kappa shape index (κ1) is 22.4. The maximum absolute atomic E-state index is 13.3. The van der Waals surface area contributed by atoms with Gasteiger partial charge in [-0.2, -0.15) is 0 Å². The van der Waals surface area contributed by atoms with E-state index in [0.717, 1.165) is 5.56 Å². The molecule has 1 N–H and O–H groups in total. The maximum Gasteiger partial charge on any atom is 0.294 e. The van der Waals surface area contributed by atoms with Gasteiger partial charge in [0.15, 0.2) is 23.0 Å². The number of aliphatic hydroxyl groups excluding tert-OH is 1. The van der Waals surface area contributed by atoms with Gasteiger partial charge in [-0.05, 0) is 31.5 Å². The molecule has 6 nitrogen and oxygen atoms in total. The second-order valence-electron chi connectivity index (χ2n) is 8.33. The number of hydrogen-bond donors (Lipinski definition) is 1. The van der Waals surface area contributed by atoms with Crippen LogP contribution in [0.15, 0.2) is 59.9 Å². The van der Waals surface area contributed by atoms with Crippen LogP contribution in [0.25, 0.3) is 0 Å². The Labute approximate surface area is 183 Å². The molecule has 0 radical (unpaired) electrons. The molecule has 1 atom stereocenters. The molecule has 0 spiro atoms. The molecule has 0 bridgehead atoms. The van der Waals surface area contributed by atoms with E-state index in [2.05, 4.69) is 0 Å². The Morgan fingerprint density at radius 3 is 2.19 bits per heavy atom. The lowest BCUT2D eigenvalue weighted by Gasteiger charge is -2.29. The van der Waals surface area contributed by atoms with Gasteiger partial charge in [-0.25, -0.2) is 0 Å². The van der Waals surface area contributed by atoms with Crippen LogP contribution in [0.2, 0.25) is 0 Å². The molecule has 164 valence electrons. The Bertz CT molecular complexity index is 1000. The molecule has 6 heteroatoms. The summed E-state index contributed by atoms with van der Waals surface area (Å²) in [6.07, 6.45) is 0.